The van der Waals surface area contributed by atoms with Crippen LogP contribution in [0.15, 0.2) is 27.5 Å². The molecule has 2 nitrogen and oxygen atoms in total. The maximum Gasteiger partial charge on any atom is 0.0954 e. The van der Waals surface area contributed by atoms with Crippen molar-refractivity contribution in [3.8, 4) is 0 Å². The van der Waals surface area contributed by atoms with Crippen molar-refractivity contribution in [3.63, 3.8) is 0 Å². The lowest BCUT2D eigenvalue weighted by Gasteiger charge is -2.04. The number of aromatic nitrogens is 1. The smallest absolute Gasteiger partial charge is 0.0954 e. The third-order valence-corrected chi connectivity index (χ3v) is 4.30. The van der Waals surface area contributed by atoms with Crippen molar-refractivity contribution in [3.05, 3.63) is 37.4 Å². The van der Waals surface area contributed by atoms with E-state index in [1.54, 1.807) is 28.9 Å². The fourth-order valence-electron chi connectivity index (χ4n) is 1.13. The molecule has 14 heavy (non-hydrogen) atoms. The SMILES string of the molecule is OC(Cc1nccs1)c1ccc(Br)s1. The van der Waals surface area contributed by atoms with Gasteiger partial charge in [-0.2, -0.15) is 0 Å². The van der Waals surface area contributed by atoms with Gasteiger partial charge in [0.15, 0.2) is 0 Å². The Morgan fingerprint density at radius 1 is 1.50 bits per heavy atom. The van der Waals surface area contributed by atoms with Crippen LogP contribution in [0.25, 0.3) is 0 Å². The Bertz CT molecular complexity index is 399. The van der Waals surface area contributed by atoms with Crippen molar-refractivity contribution in [1.29, 1.82) is 0 Å². The highest BCUT2D eigenvalue weighted by atomic mass is 79.9. The second-order valence-corrected chi connectivity index (χ2v) is 6.26. The third-order valence-electron chi connectivity index (χ3n) is 1.77. The van der Waals surface area contributed by atoms with Gasteiger partial charge in [-0.1, -0.05) is 0 Å². The van der Waals surface area contributed by atoms with Crippen molar-refractivity contribution >= 4 is 38.6 Å². The van der Waals surface area contributed by atoms with Gasteiger partial charge in [-0.25, -0.2) is 4.98 Å². The summed E-state index contributed by atoms with van der Waals surface area (Å²) in [5.74, 6) is 0. The summed E-state index contributed by atoms with van der Waals surface area (Å²) in [5, 5.41) is 12.8. The average Bonchev–Trinajstić information content (AvgIpc) is 2.75. The van der Waals surface area contributed by atoms with Gasteiger partial charge >= 0.3 is 0 Å². The van der Waals surface area contributed by atoms with Gasteiger partial charge in [0.25, 0.3) is 0 Å². The maximum absolute atomic E-state index is 9.86. The molecule has 2 rings (SSSR count). The minimum absolute atomic E-state index is 0.433. The Hall–Kier alpha value is -0.230. The normalized spacial score (nSPS) is 13.0. The molecule has 0 aliphatic heterocycles. The summed E-state index contributed by atoms with van der Waals surface area (Å²) in [6.07, 6.45) is 1.93. The lowest BCUT2D eigenvalue weighted by molar-refractivity contribution is 0.182. The van der Waals surface area contributed by atoms with Gasteiger partial charge in [-0.05, 0) is 28.1 Å². The molecule has 0 bridgehead atoms. The fourth-order valence-corrected chi connectivity index (χ4v) is 3.19. The Morgan fingerprint density at radius 3 is 2.93 bits per heavy atom. The van der Waals surface area contributed by atoms with Crippen molar-refractivity contribution in [2.75, 3.05) is 0 Å². The Balaban J connectivity index is 2.06. The van der Waals surface area contributed by atoms with Gasteiger partial charge in [0.1, 0.15) is 0 Å². The van der Waals surface area contributed by atoms with Gasteiger partial charge < -0.3 is 5.11 Å². The zero-order valence-corrected chi connectivity index (χ0v) is 10.4. The predicted molar refractivity (Wildman–Crippen MR) is 62.8 cm³/mol. The molecule has 0 radical (unpaired) electrons. The molecule has 0 aliphatic carbocycles. The average molecular weight is 290 g/mol. The third kappa shape index (κ3) is 2.42. The van der Waals surface area contributed by atoms with Crippen LogP contribution in [0.1, 0.15) is 16.0 Å². The quantitative estimate of drug-likeness (QED) is 0.941. The van der Waals surface area contributed by atoms with Crippen molar-refractivity contribution in [2.45, 2.75) is 12.5 Å². The first-order valence-electron chi connectivity index (χ1n) is 4.07. The van der Waals surface area contributed by atoms with E-state index in [0.29, 0.717) is 6.42 Å². The summed E-state index contributed by atoms with van der Waals surface area (Å²) in [7, 11) is 0. The number of rotatable bonds is 3. The van der Waals surface area contributed by atoms with Crippen molar-refractivity contribution in [1.82, 2.24) is 4.98 Å². The van der Waals surface area contributed by atoms with Gasteiger partial charge in [-0.3, -0.25) is 0 Å². The number of halogens is 1. The first-order chi connectivity index (χ1) is 6.75. The van der Waals surface area contributed by atoms with E-state index in [9.17, 15) is 5.11 Å². The molecule has 1 unspecified atom stereocenters. The zero-order chi connectivity index (χ0) is 9.97. The molecule has 0 aliphatic rings. The first-order valence-corrected chi connectivity index (χ1v) is 6.56. The lowest BCUT2D eigenvalue weighted by atomic mass is 10.2. The highest BCUT2D eigenvalue weighted by Gasteiger charge is 2.11. The summed E-state index contributed by atoms with van der Waals surface area (Å²) in [4.78, 5) is 5.12. The van der Waals surface area contributed by atoms with Gasteiger partial charge in [-0.15, -0.1) is 22.7 Å². The first kappa shape index (κ1) is 10.3. The molecule has 5 heteroatoms. The van der Waals surface area contributed by atoms with Crippen LogP contribution in [0, 0.1) is 0 Å². The van der Waals surface area contributed by atoms with E-state index in [1.807, 2.05) is 17.5 Å². The van der Waals surface area contributed by atoms with Gasteiger partial charge in [0, 0.05) is 22.9 Å². The van der Waals surface area contributed by atoms with Crippen LogP contribution in [-0.2, 0) is 6.42 Å². The summed E-state index contributed by atoms with van der Waals surface area (Å²) in [6, 6.07) is 3.89. The number of nitrogens with zero attached hydrogens (tertiary/aromatic N) is 1. The minimum atomic E-state index is -0.433. The highest BCUT2D eigenvalue weighted by molar-refractivity contribution is 9.11. The zero-order valence-electron chi connectivity index (χ0n) is 7.18. The van der Waals surface area contributed by atoms with E-state index in [2.05, 4.69) is 20.9 Å². The molecule has 2 aromatic heterocycles. The number of thiophene rings is 1. The van der Waals surface area contributed by atoms with Gasteiger partial charge in [0.05, 0.1) is 14.9 Å². The van der Waals surface area contributed by atoms with Crippen LogP contribution >= 0.6 is 38.6 Å². The summed E-state index contributed by atoms with van der Waals surface area (Å²) >= 11 is 6.51. The monoisotopic (exact) mass is 289 g/mol. The van der Waals surface area contributed by atoms with Gasteiger partial charge in [0.2, 0.25) is 0 Å². The molecular formula is C9H8BrNOS2. The fraction of sp³-hybridized carbons (Fsp3) is 0.222. The van der Waals surface area contributed by atoms with Crippen LogP contribution in [-0.4, -0.2) is 10.1 Å². The molecule has 0 aromatic carbocycles. The number of hydrogen-bond acceptors (Lipinski definition) is 4. The molecular weight excluding hydrogens is 282 g/mol. The van der Waals surface area contributed by atoms with Crippen LogP contribution in [0.3, 0.4) is 0 Å². The van der Waals surface area contributed by atoms with Crippen LogP contribution in [0.5, 0.6) is 0 Å². The molecule has 2 aromatic rings. The Labute approximate surface area is 98.4 Å². The number of thiazole rings is 1. The molecule has 74 valence electrons. The molecule has 0 saturated carbocycles. The number of hydrogen-bond donors (Lipinski definition) is 1. The summed E-state index contributed by atoms with van der Waals surface area (Å²) in [6.45, 7) is 0. The lowest BCUT2D eigenvalue weighted by Crippen LogP contribution is -1.98. The highest BCUT2D eigenvalue weighted by Crippen LogP contribution is 2.29. The van der Waals surface area contributed by atoms with E-state index in [0.717, 1.165) is 13.7 Å². The summed E-state index contributed by atoms with van der Waals surface area (Å²) in [5.41, 5.74) is 0. The molecule has 1 N–H and O–H groups in total. The second kappa shape index (κ2) is 4.53. The maximum atomic E-state index is 9.86. The number of aliphatic hydroxyl groups is 1. The predicted octanol–water partition coefficient (Wildman–Crippen LogP) is 3.24. The molecule has 0 spiro atoms. The topological polar surface area (TPSA) is 33.1 Å². The molecule has 2 heterocycles. The molecule has 0 amide bonds. The second-order valence-electron chi connectivity index (χ2n) is 2.79. The molecule has 1 atom stereocenters. The standard InChI is InChI=1S/C9H8BrNOS2/c10-8-2-1-7(14-8)6(12)5-9-11-3-4-13-9/h1-4,6,12H,5H2. The largest absolute Gasteiger partial charge is 0.387 e. The minimum Gasteiger partial charge on any atom is -0.387 e. The van der Waals surface area contributed by atoms with E-state index in [4.69, 9.17) is 0 Å². The Kier molecular flexibility index (Phi) is 3.33. The van der Waals surface area contributed by atoms with Crippen LogP contribution < -0.4 is 0 Å². The van der Waals surface area contributed by atoms with Crippen LogP contribution in [0.4, 0.5) is 0 Å². The molecule has 0 saturated heterocycles. The van der Waals surface area contributed by atoms with E-state index in [1.165, 1.54) is 0 Å². The molecule has 0 fully saturated rings. The van der Waals surface area contributed by atoms with E-state index < -0.39 is 6.10 Å². The number of aliphatic hydroxyl groups excluding tert-OH is 1. The van der Waals surface area contributed by atoms with Crippen molar-refractivity contribution < 1.29 is 5.11 Å². The van der Waals surface area contributed by atoms with E-state index in [-0.39, 0.29) is 0 Å². The van der Waals surface area contributed by atoms with Crippen molar-refractivity contribution in [2.24, 2.45) is 0 Å². The van der Waals surface area contributed by atoms with Crippen LogP contribution in [0.2, 0.25) is 0 Å². The van der Waals surface area contributed by atoms with E-state index >= 15 is 0 Å². The Morgan fingerprint density at radius 2 is 2.36 bits per heavy atom. The summed E-state index contributed by atoms with van der Waals surface area (Å²) < 4.78 is 1.05.